The molecule has 1 amide bonds. The average molecular weight is 293 g/mol. The van der Waals surface area contributed by atoms with Crippen molar-refractivity contribution in [3.8, 4) is 0 Å². The van der Waals surface area contributed by atoms with Crippen molar-refractivity contribution in [1.82, 2.24) is 10.6 Å². The molecule has 106 valence electrons. The molecule has 0 aliphatic carbocycles. The highest BCUT2D eigenvalue weighted by Crippen LogP contribution is 2.17. The van der Waals surface area contributed by atoms with E-state index in [1.54, 1.807) is 13.0 Å². The van der Waals surface area contributed by atoms with Crippen LogP contribution in [0, 0.1) is 6.92 Å². The molecule has 0 atom stereocenters. The van der Waals surface area contributed by atoms with Gasteiger partial charge < -0.3 is 15.1 Å². The van der Waals surface area contributed by atoms with Crippen molar-refractivity contribution in [3.05, 3.63) is 58.5 Å². The molecule has 1 aromatic carbocycles. The monoisotopic (exact) mass is 292 g/mol. The third kappa shape index (κ3) is 2.86. The first-order valence-corrected chi connectivity index (χ1v) is 6.38. The van der Waals surface area contributed by atoms with Crippen molar-refractivity contribution in [3.63, 3.8) is 0 Å². The van der Waals surface area contributed by atoms with Crippen LogP contribution in [-0.4, -0.2) is 5.91 Å². The van der Waals surface area contributed by atoms with Crippen molar-refractivity contribution >= 4 is 18.3 Å². The number of amides is 1. The van der Waals surface area contributed by atoms with Crippen LogP contribution in [0.3, 0.4) is 0 Å². The highest BCUT2D eigenvalue weighted by Gasteiger charge is 2.12. The van der Waals surface area contributed by atoms with Gasteiger partial charge in [0.05, 0.1) is 11.8 Å². The molecule has 0 unspecified atom stereocenters. The highest BCUT2D eigenvalue weighted by molar-refractivity contribution is 5.94. The number of furan rings is 1. The number of fused-ring (bicyclic) bond motifs is 1. The second-order valence-corrected chi connectivity index (χ2v) is 4.78. The summed E-state index contributed by atoms with van der Waals surface area (Å²) in [7, 11) is 0. The number of hydrogen-bond acceptors (Lipinski definition) is 3. The molecule has 2 aromatic rings. The summed E-state index contributed by atoms with van der Waals surface area (Å²) in [4.78, 5) is 12.0. The van der Waals surface area contributed by atoms with Crippen molar-refractivity contribution in [2.75, 3.05) is 0 Å². The van der Waals surface area contributed by atoms with Crippen LogP contribution in [0.15, 0.2) is 34.9 Å². The topological polar surface area (TPSA) is 54.3 Å². The van der Waals surface area contributed by atoms with Gasteiger partial charge in [0.2, 0.25) is 0 Å². The molecule has 1 aromatic heterocycles. The Morgan fingerprint density at radius 3 is 2.85 bits per heavy atom. The van der Waals surface area contributed by atoms with E-state index >= 15 is 0 Å². The van der Waals surface area contributed by atoms with E-state index in [1.807, 2.05) is 0 Å². The first kappa shape index (κ1) is 14.6. The number of carbonyl (C=O) groups is 1. The summed E-state index contributed by atoms with van der Waals surface area (Å²) in [6.07, 6.45) is 1.53. The van der Waals surface area contributed by atoms with E-state index in [1.165, 1.54) is 17.4 Å². The first-order chi connectivity index (χ1) is 9.24. The smallest absolute Gasteiger partial charge is 0.255 e. The zero-order valence-electron chi connectivity index (χ0n) is 11.2. The SMILES string of the molecule is Cc1occc1C(=O)NCc1ccc2c(c1)CNC2.Cl. The Morgan fingerprint density at radius 1 is 1.30 bits per heavy atom. The largest absolute Gasteiger partial charge is 0.469 e. The van der Waals surface area contributed by atoms with E-state index in [2.05, 4.69) is 28.8 Å². The molecule has 0 radical (unpaired) electrons. The predicted molar refractivity (Wildman–Crippen MR) is 78.8 cm³/mol. The quantitative estimate of drug-likeness (QED) is 0.914. The number of halogens is 1. The van der Waals surface area contributed by atoms with Gasteiger partial charge in [-0.05, 0) is 29.7 Å². The van der Waals surface area contributed by atoms with E-state index in [9.17, 15) is 4.79 Å². The van der Waals surface area contributed by atoms with Gasteiger partial charge in [0.25, 0.3) is 5.91 Å². The molecule has 0 saturated carbocycles. The summed E-state index contributed by atoms with van der Waals surface area (Å²) in [5.41, 5.74) is 4.40. The molecule has 2 N–H and O–H groups in total. The maximum atomic E-state index is 12.0. The molecular formula is C15H17ClN2O2. The summed E-state index contributed by atoms with van der Waals surface area (Å²) in [5.74, 6) is 0.556. The Balaban J connectivity index is 0.00000147. The molecule has 4 nitrogen and oxygen atoms in total. The third-order valence-electron chi connectivity index (χ3n) is 3.46. The molecule has 20 heavy (non-hydrogen) atoms. The number of nitrogens with one attached hydrogen (secondary N) is 2. The number of hydrogen-bond donors (Lipinski definition) is 2. The molecule has 0 saturated heterocycles. The van der Waals surface area contributed by atoms with Crippen molar-refractivity contribution < 1.29 is 9.21 Å². The van der Waals surface area contributed by atoms with Crippen LogP contribution < -0.4 is 10.6 Å². The van der Waals surface area contributed by atoms with Gasteiger partial charge in [-0.2, -0.15) is 0 Å². The van der Waals surface area contributed by atoms with Crippen molar-refractivity contribution in [2.45, 2.75) is 26.6 Å². The van der Waals surface area contributed by atoms with Gasteiger partial charge in [0.15, 0.2) is 0 Å². The minimum atomic E-state index is -0.0927. The summed E-state index contributed by atoms with van der Waals surface area (Å²) in [6.45, 7) is 4.18. The molecule has 1 aliphatic rings. The fraction of sp³-hybridized carbons (Fsp3) is 0.267. The van der Waals surface area contributed by atoms with E-state index in [0.717, 1.165) is 18.7 Å². The predicted octanol–water partition coefficient (Wildman–Crippen LogP) is 2.54. The Labute approximate surface area is 124 Å². The van der Waals surface area contributed by atoms with Crippen LogP contribution in [0.5, 0.6) is 0 Å². The number of carbonyl (C=O) groups excluding carboxylic acids is 1. The fourth-order valence-corrected chi connectivity index (χ4v) is 2.36. The van der Waals surface area contributed by atoms with Gasteiger partial charge >= 0.3 is 0 Å². The van der Waals surface area contributed by atoms with E-state index < -0.39 is 0 Å². The fourth-order valence-electron chi connectivity index (χ4n) is 2.36. The Morgan fingerprint density at radius 2 is 2.10 bits per heavy atom. The third-order valence-corrected chi connectivity index (χ3v) is 3.46. The summed E-state index contributed by atoms with van der Waals surface area (Å²) >= 11 is 0. The maximum absolute atomic E-state index is 12.0. The second-order valence-electron chi connectivity index (χ2n) is 4.78. The first-order valence-electron chi connectivity index (χ1n) is 6.38. The highest BCUT2D eigenvalue weighted by atomic mass is 35.5. The Kier molecular flexibility index (Phi) is 4.47. The van der Waals surface area contributed by atoms with Gasteiger partial charge in [-0.15, -0.1) is 12.4 Å². The minimum Gasteiger partial charge on any atom is -0.469 e. The normalized spacial score (nSPS) is 12.7. The molecule has 5 heteroatoms. The second kappa shape index (κ2) is 6.11. The maximum Gasteiger partial charge on any atom is 0.255 e. The van der Waals surface area contributed by atoms with Gasteiger partial charge in [-0.3, -0.25) is 4.79 Å². The van der Waals surface area contributed by atoms with Crippen LogP contribution in [0.25, 0.3) is 0 Å². The minimum absolute atomic E-state index is 0. The lowest BCUT2D eigenvalue weighted by Gasteiger charge is -2.06. The summed E-state index contributed by atoms with van der Waals surface area (Å²) in [5, 5.41) is 6.22. The molecule has 0 bridgehead atoms. The van der Waals surface area contributed by atoms with Gasteiger partial charge in [-0.25, -0.2) is 0 Å². The van der Waals surface area contributed by atoms with Gasteiger partial charge in [0.1, 0.15) is 5.76 Å². The molecule has 0 spiro atoms. The van der Waals surface area contributed by atoms with E-state index in [4.69, 9.17) is 4.42 Å². The van der Waals surface area contributed by atoms with Gasteiger partial charge in [-0.1, -0.05) is 18.2 Å². The number of rotatable bonds is 3. The van der Waals surface area contributed by atoms with Crippen LogP contribution in [0.2, 0.25) is 0 Å². The zero-order valence-corrected chi connectivity index (χ0v) is 12.0. The van der Waals surface area contributed by atoms with Crippen LogP contribution in [0.4, 0.5) is 0 Å². The Hall–Kier alpha value is -1.78. The molecule has 2 heterocycles. The summed E-state index contributed by atoms with van der Waals surface area (Å²) in [6, 6.07) is 8.03. The van der Waals surface area contributed by atoms with E-state index in [0.29, 0.717) is 17.9 Å². The zero-order chi connectivity index (χ0) is 13.2. The molecule has 0 fully saturated rings. The number of aryl methyl sites for hydroxylation is 1. The average Bonchev–Trinajstić information content (AvgIpc) is 3.03. The lowest BCUT2D eigenvalue weighted by molar-refractivity contribution is 0.0949. The molecular weight excluding hydrogens is 276 g/mol. The van der Waals surface area contributed by atoms with Crippen molar-refractivity contribution in [1.29, 1.82) is 0 Å². The van der Waals surface area contributed by atoms with Crippen LogP contribution >= 0.6 is 12.4 Å². The van der Waals surface area contributed by atoms with Gasteiger partial charge in [0, 0.05) is 19.6 Å². The van der Waals surface area contributed by atoms with Crippen LogP contribution in [-0.2, 0) is 19.6 Å². The van der Waals surface area contributed by atoms with Crippen LogP contribution in [0.1, 0.15) is 32.8 Å². The lowest BCUT2D eigenvalue weighted by atomic mass is 10.1. The van der Waals surface area contributed by atoms with E-state index in [-0.39, 0.29) is 18.3 Å². The van der Waals surface area contributed by atoms with Crippen molar-refractivity contribution in [2.24, 2.45) is 0 Å². The molecule has 1 aliphatic heterocycles. The molecule has 3 rings (SSSR count). The number of benzene rings is 1. The lowest BCUT2D eigenvalue weighted by Crippen LogP contribution is -2.23. The Bertz CT molecular complexity index is 622. The summed E-state index contributed by atoms with van der Waals surface area (Å²) < 4.78 is 5.13. The standard InChI is InChI=1S/C15H16N2O2.ClH/c1-10-14(4-5-19-10)15(18)17-7-11-2-3-12-8-16-9-13(12)6-11;/h2-6,16H,7-9H2,1H3,(H,17,18);1H.